The number of aliphatic hydroxyl groups excluding tert-OH is 1. The Kier molecular flexibility index (Phi) is 7.30. The van der Waals surface area contributed by atoms with Crippen LogP contribution >= 0.6 is 0 Å². The van der Waals surface area contributed by atoms with Gasteiger partial charge in [0.25, 0.3) is 0 Å². The second-order valence-electron chi connectivity index (χ2n) is 12.3. The molecule has 184 valence electrons. The summed E-state index contributed by atoms with van der Waals surface area (Å²) in [6.07, 6.45) is 11.1. The van der Waals surface area contributed by atoms with Gasteiger partial charge in [0.1, 0.15) is 0 Å². The predicted octanol–water partition coefficient (Wildman–Crippen LogP) is 4.12. The molecule has 0 saturated heterocycles. The first-order valence-electron chi connectivity index (χ1n) is 13.4. The number of hydrogen-bond acceptors (Lipinski definition) is 5. The van der Waals surface area contributed by atoms with Gasteiger partial charge in [-0.05, 0) is 104 Å². The molecule has 0 radical (unpaired) electrons. The number of nitrogens with two attached hydrogens (primary N) is 1. The van der Waals surface area contributed by atoms with Crippen molar-refractivity contribution in [2.75, 3.05) is 20.2 Å². The third-order valence-corrected chi connectivity index (χ3v) is 11.0. The lowest BCUT2D eigenvalue weighted by Crippen LogP contribution is -2.59. The number of hydrogen-bond donors (Lipinski definition) is 3. The van der Waals surface area contributed by atoms with Crippen LogP contribution in [0.4, 0.5) is 0 Å². The standard InChI is InChI=1S/C27H48N2O3/c1-17(5-8-25(31)32-4)20-6-7-21-19-16-24(30)23-15-18(29-14-13-28)9-11-27(23,3)22(19)10-12-26(20,21)2/h17-24,29-30H,5-16,28H2,1-4H3/t17?,18?,19?,20-,21?,22?,23-,24+,26-,27-/m1/s1. The summed E-state index contributed by atoms with van der Waals surface area (Å²) in [5.41, 5.74) is 6.36. The van der Waals surface area contributed by atoms with Crippen LogP contribution in [0, 0.1) is 46.3 Å². The van der Waals surface area contributed by atoms with E-state index in [0.717, 1.165) is 37.6 Å². The summed E-state index contributed by atoms with van der Waals surface area (Å²) in [4.78, 5) is 11.7. The fraction of sp³-hybridized carbons (Fsp3) is 0.963. The van der Waals surface area contributed by atoms with Crippen molar-refractivity contribution in [1.29, 1.82) is 0 Å². The van der Waals surface area contributed by atoms with Crippen LogP contribution in [0.2, 0.25) is 0 Å². The van der Waals surface area contributed by atoms with Gasteiger partial charge in [0.15, 0.2) is 0 Å². The molecular weight excluding hydrogens is 400 g/mol. The summed E-state index contributed by atoms with van der Waals surface area (Å²) >= 11 is 0. The number of carbonyl (C=O) groups is 1. The first-order valence-corrected chi connectivity index (χ1v) is 13.4. The summed E-state index contributed by atoms with van der Waals surface area (Å²) < 4.78 is 4.89. The number of fused-ring (bicyclic) bond motifs is 5. The van der Waals surface area contributed by atoms with Crippen molar-refractivity contribution in [1.82, 2.24) is 5.32 Å². The van der Waals surface area contributed by atoms with Crippen LogP contribution in [-0.4, -0.2) is 43.4 Å². The zero-order valence-corrected chi connectivity index (χ0v) is 20.9. The largest absolute Gasteiger partial charge is 0.469 e. The molecule has 5 unspecified atom stereocenters. The minimum atomic E-state index is -0.165. The van der Waals surface area contributed by atoms with E-state index in [1.165, 1.54) is 45.6 Å². The molecule has 4 aliphatic carbocycles. The molecule has 32 heavy (non-hydrogen) atoms. The molecule has 0 amide bonds. The molecule has 0 heterocycles. The molecular formula is C27H48N2O3. The van der Waals surface area contributed by atoms with Crippen LogP contribution in [0.15, 0.2) is 0 Å². The SMILES string of the molecule is COC(=O)CCC(C)[C@H]1CCC2C3C[C@H](O)[C@H]4CC(NCCN)CC[C@]4(C)C3CC[C@@]21C. The van der Waals surface area contributed by atoms with E-state index in [0.29, 0.717) is 48.1 Å². The van der Waals surface area contributed by atoms with Crippen molar-refractivity contribution in [2.45, 2.75) is 97.1 Å². The van der Waals surface area contributed by atoms with Gasteiger partial charge in [-0.3, -0.25) is 4.79 Å². The minimum absolute atomic E-state index is 0.0776. The lowest BCUT2D eigenvalue weighted by Gasteiger charge is -2.62. The summed E-state index contributed by atoms with van der Waals surface area (Å²) in [5, 5.41) is 15.0. The molecule has 4 N–H and O–H groups in total. The van der Waals surface area contributed by atoms with Gasteiger partial charge in [-0.1, -0.05) is 20.8 Å². The zero-order valence-electron chi connectivity index (χ0n) is 20.9. The average Bonchev–Trinajstić information content (AvgIpc) is 3.13. The number of aliphatic hydroxyl groups is 1. The number of methoxy groups -OCH3 is 1. The van der Waals surface area contributed by atoms with E-state index in [9.17, 15) is 9.90 Å². The maximum absolute atomic E-state index is 11.7. The molecule has 0 aromatic heterocycles. The molecule has 4 rings (SSSR count). The molecule has 0 aromatic rings. The fourth-order valence-corrected chi connectivity index (χ4v) is 9.40. The maximum Gasteiger partial charge on any atom is 0.305 e. The molecule has 5 nitrogen and oxygen atoms in total. The van der Waals surface area contributed by atoms with E-state index in [1.807, 2.05) is 0 Å². The van der Waals surface area contributed by atoms with Gasteiger partial charge in [-0.15, -0.1) is 0 Å². The van der Waals surface area contributed by atoms with Crippen molar-refractivity contribution < 1.29 is 14.6 Å². The van der Waals surface area contributed by atoms with E-state index in [1.54, 1.807) is 0 Å². The highest BCUT2D eigenvalue weighted by molar-refractivity contribution is 5.69. The third kappa shape index (κ3) is 4.15. The monoisotopic (exact) mass is 448 g/mol. The summed E-state index contributed by atoms with van der Waals surface area (Å²) in [6, 6.07) is 0.517. The Hall–Kier alpha value is -0.650. The van der Waals surface area contributed by atoms with E-state index in [4.69, 9.17) is 10.5 Å². The predicted molar refractivity (Wildman–Crippen MR) is 128 cm³/mol. The van der Waals surface area contributed by atoms with Crippen molar-refractivity contribution in [2.24, 2.45) is 52.1 Å². The summed E-state index contributed by atoms with van der Waals surface area (Å²) in [6.45, 7) is 8.99. The van der Waals surface area contributed by atoms with Crippen LogP contribution in [0.1, 0.15) is 85.0 Å². The van der Waals surface area contributed by atoms with E-state index in [2.05, 4.69) is 26.1 Å². The van der Waals surface area contributed by atoms with Gasteiger partial charge in [-0.2, -0.15) is 0 Å². The lowest BCUT2D eigenvalue weighted by molar-refractivity contribution is -0.162. The summed E-state index contributed by atoms with van der Waals surface area (Å²) in [5.74, 6) is 3.75. The average molecular weight is 449 g/mol. The highest BCUT2D eigenvalue weighted by atomic mass is 16.5. The van der Waals surface area contributed by atoms with Gasteiger partial charge in [-0.25, -0.2) is 0 Å². The lowest BCUT2D eigenvalue weighted by atomic mass is 9.43. The number of ether oxygens (including phenoxy) is 1. The maximum atomic E-state index is 11.7. The molecule has 4 saturated carbocycles. The van der Waals surface area contributed by atoms with Crippen LogP contribution in [-0.2, 0) is 9.53 Å². The van der Waals surface area contributed by atoms with Crippen molar-refractivity contribution in [3.63, 3.8) is 0 Å². The highest BCUT2D eigenvalue weighted by Gasteiger charge is 2.62. The topological polar surface area (TPSA) is 84.6 Å². The molecule has 0 bridgehead atoms. The van der Waals surface area contributed by atoms with E-state index < -0.39 is 0 Å². The first kappa shape index (κ1) is 24.5. The third-order valence-electron chi connectivity index (χ3n) is 11.0. The second kappa shape index (κ2) is 9.54. The summed E-state index contributed by atoms with van der Waals surface area (Å²) in [7, 11) is 1.49. The molecule has 10 atom stereocenters. The Morgan fingerprint density at radius 1 is 1.09 bits per heavy atom. The molecule has 5 heteroatoms. The van der Waals surface area contributed by atoms with Gasteiger partial charge in [0, 0.05) is 25.6 Å². The second-order valence-corrected chi connectivity index (χ2v) is 12.3. The van der Waals surface area contributed by atoms with E-state index >= 15 is 0 Å². The Balaban J connectivity index is 1.47. The van der Waals surface area contributed by atoms with Gasteiger partial charge in [0.05, 0.1) is 13.2 Å². The number of esters is 1. The molecule has 4 fully saturated rings. The number of rotatable bonds is 7. The van der Waals surface area contributed by atoms with Crippen molar-refractivity contribution in [3.8, 4) is 0 Å². The van der Waals surface area contributed by atoms with Gasteiger partial charge in [0.2, 0.25) is 0 Å². The van der Waals surface area contributed by atoms with Gasteiger partial charge < -0.3 is 20.9 Å². The van der Waals surface area contributed by atoms with Crippen LogP contribution in [0.5, 0.6) is 0 Å². The number of nitrogens with one attached hydrogen (secondary N) is 1. The van der Waals surface area contributed by atoms with Crippen LogP contribution in [0.25, 0.3) is 0 Å². The number of carbonyl (C=O) groups excluding carboxylic acids is 1. The normalized spacial score (nSPS) is 46.6. The molecule has 0 aliphatic heterocycles. The van der Waals surface area contributed by atoms with Gasteiger partial charge >= 0.3 is 5.97 Å². The Bertz CT molecular complexity index is 671. The van der Waals surface area contributed by atoms with E-state index in [-0.39, 0.29) is 17.5 Å². The van der Waals surface area contributed by atoms with Crippen molar-refractivity contribution >= 4 is 5.97 Å². The fourth-order valence-electron chi connectivity index (χ4n) is 9.40. The molecule has 4 aliphatic rings. The highest BCUT2D eigenvalue weighted by Crippen LogP contribution is 2.68. The van der Waals surface area contributed by atoms with Crippen molar-refractivity contribution in [3.05, 3.63) is 0 Å². The Morgan fingerprint density at radius 2 is 1.81 bits per heavy atom. The van der Waals surface area contributed by atoms with Crippen LogP contribution < -0.4 is 11.1 Å². The first-order chi connectivity index (χ1) is 15.2. The Morgan fingerprint density at radius 3 is 2.53 bits per heavy atom. The Labute approximate surface area is 195 Å². The molecule has 0 aromatic carbocycles. The smallest absolute Gasteiger partial charge is 0.305 e. The quantitative estimate of drug-likeness (QED) is 0.510. The van der Waals surface area contributed by atoms with Crippen LogP contribution in [0.3, 0.4) is 0 Å². The minimum Gasteiger partial charge on any atom is -0.469 e. The zero-order chi connectivity index (χ0) is 23.1. The molecule has 0 spiro atoms.